The van der Waals surface area contributed by atoms with Crippen LogP contribution in [0.4, 0.5) is 11.8 Å². The number of thiophene rings is 1. The molecule has 1 saturated heterocycles. The molecule has 0 aliphatic carbocycles. The molecule has 12 heteroatoms. The summed E-state index contributed by atoms with van der Waals surface area (Å²) in [6.45, 7) is 0.647. The monoisotopic (exact) mass is 447 g/mol. The lowest BCUT2D eigenvalue weighted by molar-refractivity contribution is -0.159. The van der Waals surface area contributed by atoms with Crippen LogP contribution in [0.2, 0.25) is 0 Å². The number of carbonyl (C=O) groups is 3. The molecule has 2 aromatic rings. The normalized spacial score (nSPS) is 22.2. The Balaban J connectivity index is 1.39. The van der Waals surface area contributed by atoms with E-state index in [2.05, 4.69) is 15.3 Å². The summed E-state index contributed by atoms with van der Waals surface area (Å²) in [5.74, 6) is -2.22. The predicted molar refractivity (Wildman–Crippen MR) is 111 cm³/mol. The van der Waals surface area contributed by atoms with Gasteiger partial charge in [-0.05, 0) is 37.3 Å². The molecule has 0 aromatic carbocycles. The molecule has 0 bridgehead atoms. The zero-order valence-corrected chi connectivity index (χ0v) is 17.1. The van der Waals surface area contributed by atoms with Crippen LogP contribution in [0, 0.1) is 5.92 Å². The van der Waals surface area contributed by atoms with Crippen molar-refractivity contribution in [1.82, 2.24) is 14.9 Å². The van der Waals surface area contributed by atoms with E-state index in [9.17, 15) is 29.4 Å². The minimum absolute atomic E-state index is 0.0722. The number of aliphatic carboxylic acids is 2. The van der Waals surface area contributed by atoms with Gasteiger partial charge in [0.15, 0.2) is 0 Å². The lowest BCUT2D eigenvalue weighted by Gasteiger charge is -2.43. The van der Waals surface area contributed by atoms with E-state index < -0.39 is 29.9 Å². The molecule has 3 atom stereocenters. The Morgan fingerprint density at radius 1 is 1.23 bits per heavy atom. The number of hydrogen-bond acceptors (Lipinski definition) is 8. The van der Waals surface area contributed by atoms with E-state index in [1.807, 2.05) is 0 Å². The predicted octanol–water partition coefficient (Wildman–Crippen LogP) is 0.383. The number of fused-ring (bicyclic) bond motifs is 1. The van der Waals surface area contributed by atoms with Gasteiger partial charge < -0.3 is 26.2 Å². The van der Waals surface area contributed by atoms with Gasteiger partial charge in [-0.25, -0.2) is 9.59 Å². The first-order valence-corrected chi connectivity index (χ1v) is 10.6. The van der Waals surface area contributed by atoms with E-state index in [0.29, 0.717) is 35.6 Å². The third-order valence-corrected chi connectivity index (χ3v) is 6.81. The maximum Gasteiger partial charge on any atom is 0.326 e. The second-order valence-corrected chi connectivity index (χ2v) is 8.86. The number of carboxylic acids is 2. The Kier molecular flexibility index (Phi) is 5.39. The molecule has 164 valence electrons. The highest BCUT2D eigenvalue weighted by Gasteiger charge is 2.50. The Hall–Kier alpha value is -3.41. The van der Waals surface area contributed by atoms with Crippen LogP contribution in [0.1, 0.15) is 33.0 Å². The van der Waals surface area contributed by atoms with Crippen LogP contribution in [0.5, 0.6) is 0 Å². The number of nitrogens with one attached hydrogen (secondary N) is 2. The van der Waals surface area contributed by atoms with Gasteiger partial charge in [0.1, 0.15) is 17.9 Å². The molecule has 4 rings (SSSR count). The molecule has 4 heterocycles. The quantitative estimate of drug-likeness (QED) is 0.418. The fourth-order valence-corrected chi connectivity index (χ4v) is 4.97. The van der Waals surface area contributed by atoms with Gasteiger partial charge >= 0.3 is 11.9 Å². The molecule has 2 aliphatic rings. The van der Waals surface area contributed by atoms with Gasteiger partial charge in [0.05, 0.1) is 10.4 Å². The number of anilines is 2. The number of hydrogen-bond donors (Lipinski definition) is 5. The van der Waals surface area contributed by atoms with Crippen molar-refractivity contribution in [1.29, 1.82) is 0 Å². The number of nitrogens with zero attached hydrogens (tertiary/aromatic N) is 2. The molecule has 1 unspecified atom stereocenters. The summed E-state index contributed by atoms with van der Waals surface area (Å²) in [5, 5.41) is 21.6. The van der Waals surface area contributed by atoms with Crippen LogP contribution < -0.4 is 16.6 Å². The largest absolute Gasteiger partial charge is 0.480 e. The second kappa shape index (κ2) is 8.02. The first-order chi connectivity index (χ1) is 14.7. The number of H-pyrrole nitrogens is 1. The molecule has 1 amide bonds. The summed E-state index contributed by atoms with van der Waals surface area (Å²) < 4.78 is 0. The fraction of sp³-hybridized carbons (Fsp3) is 0.421. The third kappa shape index (κ3) is 3.98. The number of rotatable bonds is 6. The van der Waals surface area contributed by atoms with E-state index in [4.69, 9.17) is 5.73 Å². The topological polar surface area (TPSA) is 179 Å². The molecule has 0 saturated carbocycles. The van der Waals surface area contributed by atoms with E-state index in [1.54, 1.807) is 12.1 Å². The molecule has 2 aromatic heterocycles. The maximum absolute atomic E-state index is 12.7. The van der Waals surface area contributed by atoms with Gasteiger partial charge in [-0.2, -0.15) is 4.98 Å². The van der Waals surface area contributed by atoms with Crippen molar-refractivity contribution in [2.24, 2.45) is 5.92 Å². The first-order valence-electron chi connectivity index (χ1n) is 9.74. The first kappa shape index (κ1) is 20.8. The average molecular weight is 447 g/mol. The Bertz CT molecular complexity index is 1090. The van der Waals surface area contributed by atoms with Crippen molar-refractivity contribution in [3.63, 3.8) is 0 Å². The molecule has 11 nitrogen and oxygen atoms in total. The van der Waals surface area contributed by atoms with Gasteiger partial charge in [-0.15, -0.1) is 11.3 Å². The van der Waals surface area contributed by atoms with Crippen molar-refractivity contribution in [2.45, 2.75) is 37.8 Å². The van der Waals surface area contributed by atoms with Crippen LogP contribution >= 0.6 is 11.3 Å². The molecule has 2 aliphatic heterocycles. The van der Waals surface area contributed by atoms with Crippen LogP contribution in [0.3, 0.4) is 0 Å². The van der Waals surface area contributed by atoms with Gasteiger partial charge in [0.2, 0.25) is 5.95 Å². The van der Waals surface area contributed by atoms with Gasteiger partial charge in [-0.3, -0.25) is 14.6 Å². The lowest BCUT2D eigenvalue weighted by atomic mass is 9.92. The summed E-state index contributed by atoms with van der Waals surface area (Å²) in [4.78, 5) is 56.2. The average Bonchev–Trinajstić information content (AvgIpc) is 3.14. The number of aryl methyl sites for hydroxylation is 1. The third-order valence-electron chi connectivity index (χ3n) is 5.68. The second-order valence-electron chi connectivity index (χ2n) is 7.69. The number of nitrogen functional groups attached to an aromatic ring is 1. The highest BCUT2D eigenvalue weighted by atomic mass is 32.1. The number of likely N-dealkylation sites (tertiary alicyclic amines) is 1. The van der Waals surface area contributed by atoms with Crippen molar-refractivity contribution in [2.75, 3.05) is 17.6 Å². The molecule has 31 heavy (non-hydrogen) atoms. The van der Waals surface area contributed by atoms with E-state index >= 15 is 0 Å². The zero-order chi connectivity index (χ0) is 22.3. The number of amides is 1. The van der Waals surface area contributed by atoms with Crippen LogP contribution in [0.25, 0.3) is 0 Å². The van der Waals surface area contributed by atoms with Gasteiger partial charge in [0, 0.05) is 17.8 Å². The zero-order valence-electron chi connectivity index (χ0n) is 16.3. The molecule has 1 fully saturated rings. The highest BCUT2D eigenvalue weighted by Crippen LogP contribution is 2.31. The van der Waals surface area contributed by atoms with E-state index in [1.165, 1.54) is 11.3 Å². The smallest absolute Gasteiger partial charge is 0.326 e. The summed E-state index contributed by atoms with van der Waals surface area (Å²) in [6, 6.07) is 1.16. The summed E-state index contributed by atoms with van der Waals surface area (Å²) in [7, 11) is 0. The number of aromatic amines is 1. The van der Waals surface area contributed by atoms with E-state index in [0.717, 1.165) is 16.2 Å². The van der Waals surface area contributed by atoms with Crippen molar-refractivity contribution in [3.8, 4) is 0 Å². The summed E-state index contributed by atoms with van der Waals surface area (Å²) in [6.07, 6.45) is 1.91. The fourth-order valence-electron chi connectivity index (χ4n) is 4.00. The summed E-state index contributed by atoms with van der Waals surface area (Å²) >= 11 is 1.23. The SMILES string of the molecule is Nc1nc2c(c(=O)[nH]1)CC(CCc1ccc(C(=O)N3[C@H](C(=O)O)C[C@H]3C(=O)O)s1)CN2. The number of carbonyl (C=O) groups excluding carboxylic acids is 1. The Morgan fingerprint density at radius 2 is 1.94 bits per heavy atom. The van der Waals surface area contributed by atoms with Crippen molar-refractivity contribution >= 4 is 40.9 Å². The van der Waals surface area contributed by atoms with E-state index in [-0.39, 0.29) is 23.8 Å². The Morgan fingerprint density at radius 3 is 2.61 bits per heavy atom. The van der Waals surface area contributed by atoms with Crippen LogP contribution in [0.15, 0.2) is 16.9 Å². The molecule has 6 N–H and O–H groups in total. The van der Waals surface area contributed by atoms with Crippen LogP contribution in [-0.4, -0.2) is 61.6 Å². The molecule has 0 spiro atoms. The Labute approximate surface area is 179 Å². The number of aromatic nitrogens is 2. The van der Waals surface area contributed by atoms with Gasteiger partial charge in [-0.1, -0.05) is 0 Å². The standard InChI is InChI=1S/C19H21N5O6S/c20-19-22-14-10(15(25)23-19)5-8(7-21-14)1-2-9-3-4-13(31-9)16(26)24-11(17(27)28)6-12(24)18(29)30/h3-4,8,11-12H,1-2,5-7H2,(H,27,28)(H,29,30)(H4,20,21,22,23,25)/t8?,11-,12-/m0/s1. The lowest BCUT2D eigenvalue weighted by Crippen LogP contribution is -2.64. The van der Waals surface area contributed by atoms with Crippen molar-refractivity contribution in [3.05, 3.63) is 37.8 Å². The maximum atomic E-state index is 12.7. The minimum atomic E-state index is -1.21. The molecular weight excluding hydrogens is 426 g/mol. The molecule has 0 radical (unpaired) electrons. The number of nitrogens with two attached hydrogens (primary N) is 1. The minimum Gasteiger partial charge on any atom is -0.480 e. The molecular formula is C19H21N5O6S. The highest BCUT2D eigenvalue weighted by molar-refractivity contribution is 7.14. The van der Waals surface area contributed by atoms with Crippen LogP contribution in [-0.2, 0) is 22.4 Å². The summed E-state index contributed by atoms with van der Waals surface area (Å²) in [5.41, 5.74) is 5.89. The van der Waals surface area contributed by atoms with Gasteiger partial charge in [0.25, 0.3) is 11.5 Å². The van der Waals surface area contributed by atoms with Crippen molar-refractivity contribution < 1.29 is 24.6 Å². The number of carboxylic acid groups (broad SMARTS) is 2.